The van der Waals surface area contributed by atoms with E-state index in [9.17, 15) is 0 Å². The van der Waals surface area contributed by atoms with Crippen molar-refractivity contribution in [3.05, 3.63) is 234 Å². The number of hydrogen-bond acceptors (Lipinski definition) is 1. The van der Waals surface area contributed by atoms with Crippen LogP contribution in [0.4, 0.5) is 17.1 Å². The molecule has 2 aliphatic heterocycles. The minimum absolute atomic E-state index is 0.0433. The Morgan fingerprint density at radius 3 is 1.27 bits per heavy atom. The summed E-state index contributed by atoms with van der Waals surface area (Å²) in [5.41, 5.74) is 24.9. The molecular weight excluding hydrogens is 1000 g/mol. The molecule has 13 rings (SSSR count). The van der Waals surface area contributed by atoms with Gasteiger partial charge in [-0.1, -0.05) is 274 Å². The molecule has 412 valence electrons. The Bertz CT molecular complexity index is 4450. The van der Waals surface area contributed by atoms with Crippen LogP contribution in [0, 0.1) is 0 Å². The van der Waals surface area contributed by atoms with Gasteiger partial charge in [-0.15, -0.1) is 0 Å². The van der Waals surface area contributed by atoms with Crippen molar-refractivity contribution in [1.82, 2.24) is 4.57 Å². The van der Waals surface area contributed by atoms with Crippen molar-refractivity contribution in [2.75, 3.05) is 4.90 Å². The highest BCUT2D eigenvalue weighted by Crippen LogP contribution is 2.48. The highest BCUT2D eigenvalue weighted by atomic mass is 15.2. The van der Waals surface area contributed by atoms with Crippen molar-refractivity contribution in [1.29, 1.82) is 0 Å². The van der Waals surface area contributed by atoms with E-state index in [-0.39, 0.29) is 33.8 Å². The van der Waals surface area contributed by atoms with Gasteiger partial charge in [0.05, 0.1) is 16.7 Å². The largest absolute Gasteiger partial charge is 0.311 e. The molecule has 0 unspecified atom stereocenters. The summed E-state index contributed by atoms with van der Waals surface area (Å²) in [6, 6.07) is 80.4. The molecule has 0 atom stereocenters. The zero-order valence-electron chi connectivity index (χ0n) is 51.6. The summed E-state index contributed by atoms with van der Waals surface area (Å²) in [4.78, 5) is 2.63. The van der Waals surface area contributed by atoms with Crippen molar-refractivity contribution in [3.63, 3.8) is 0 Å². The van der Waals surface area contributed by atoms with E-state index in [4.69, 9.17) is 0 Å². The molecule has 0 radical (unpaired) electrons. The van der Waals surface area contributed by atoms with Crippen LogP contribution in [0.3, 0.4) is 0 Å². The first-order valence-corrected chi connectivity index (χ1v) is 30.2. The maximum absolute atomic E-state index is 2.69. The normalized spacial score (nSPS) is 13.4. The van der Waals surface area contributed by atoms with Gasteiger partial charge < -0.3 is 9.47 Å². The standard InChI is InChI=1S/C80H79BN2/c1-76(2,3)55-35-39-70(66(49-55)50-25-17-16-18-26-50)82-71-38-34-51(53-41-56(77(4,5)6)47-57(42-53)78(7,8)9)45-68(71)81-67-37-33-52(54-43-58(79(10,11)12)48-59(44-54)80(13,14)15)46-73(67)83-69-32-24-23-31-64(69)62-29-21-19-27-60(62)61-28-20-22-30-63(61)65-36-40-72(82)74(81)75(65)83/h16-49H,1-15H3. The van der Waals surface area contributed by atoms with Crippen LogP contribution in [0.5, 0.6) is 0 Å². The van der Waals surface area contributed by atoms with Crippen molar-refractivity contribution in [3.8, 4) is 39.1 Å². The van der Waals surface area contributed by atoms with Crippen LogP contribution in [0.15, 0.2) is 206 Å². The second-order valence-electron chi connectivity index (χ2n) is 29.1. The lowest BCUT2D eigenvalue weighted by Crippen LogP contribution is -2.60. The SMILES string of the molecule is CC(C)(C)c1cc(-c2ccc3c(c2)B2c4ccc(-c5cc(C(C)(C)C)cc(C(C)(C)C)c5)cc4-n4c5ccccc5c5ccccc5c5ccccc5c5ccc(c2c54)N3c2ccc(C(C)(C)C)cc2-c2ccccc2)cc(C(C)(C)C)c1. The predicted octanol–water partition coefficient (Wildman–Crippen LogP) is 20.3. The van der Waals surface area contributed by atoms with Gasteiger partial charge in [0.25, 0.3) is 6.71 Å². The van der Waals surface area contributed by atoms with E-state index >= 15 is 0 Å². The number of rotatable bonds is 4. The summed E-state index contributed by atoms with van der Waals surface area (Å²) in [5.74, 6) is 0. The van der Waals surface area contributed by atoms with Gasteiger partial charge >= 0.3 is 0 Å². The van der Waals surface area contributed by atoms with E-state index in [1.54, 1.807) is 0 Å². The van der Waals surface area contributed by atoms with Crippen molar-refractivity contribution in [2.45, 2.75) is 131 Å². The van der Waals surface area contributed by atoms with Crippen LogP contribution in [0.25, 0.3) is 82.4 Å². The van der Waals surface area contributed by atoms with Crippen LogP contribution in [0.1, 0.15) is 132 Å². The lowest BCUT2D eigenvalue weighted by Gasteiger charge is -2.41. The molecule has 0 fully saturated rings. The van der Waals surface area contributed by atoms with E-state index in [2.05, 4.69) is 320 Å². The van der Waals surface area contributed by atoms with E-state index in [0.29, 0.717) is 0 Å². The Morgan fingerprint density at radius 1 is 0.277 bits per heavy atom. The Hall–Kier alpha value is -8.14. The zero-order chi connectivity index (χ0) is 58.3. The molecule has 3 heteroatoms. The number of nitrogens with zero attached hydrogens (tertiary/aromatic N) is 2. The maximum atomic E-state index is 2.69. The number of anilines is 3. The first kappa shape index (κ1) is 54.1. The van der Waals surface area contributed by atoms with Crippen LogP contribution >= 0.6 is 0 Å². The van der Waals surface area contributed by atoms with Gasteiger partial charge in [-0.05, 0) is 157 Å². The van der Waals surface area contributed by atoms with E-state index in [1.807, 2.05) is 0 Å². The number of aromatic nitrogens is 1. The van der Waals surface area contributed by atoms with Gasteiger partial charge in [-0.25, -0.2) is 0 Å². The van der Waals surface area contributed by atoms with E-state index in [1.165, 1.54) is 132 Å². The average molecular weight is 1080 g/mol. The minimum Gasteiger partial charge on any atom is -0.311 e. The summed E-state index contributed by atoms with van der Waals surface area (Å²) in [6.07, 6.45) is 0. The summed E-state index contributed by atoms with van der Waals surface area (Å²) in [7, 11) is 0. The van der Waals surface area contributed by atoms with Crippen LogP contribution < -0.4 is 21.3 Å². The second kappa shape index (κ2) is 19.2. The van der Waals surface area contributed by atoms with Gasteiger partial charge in [-0.2, -0.15) is 0 Å². The Balaban J connectivity index is 1.25. The Kier molecular flexibility index (Phi) is 12.5. The molecule has 0 bridgehead atoms. The molecule has 2 aliphatic rings. The number of fused-ring (bicyclic) bond motifs is 12. The fourth-order valence-corrected chi connectivity index (χ4v) is 13.3. The third-order valence-corrected chi connectivity index (χ3v) is 18.2. The highest BCUT2D eigenvalue weighted by Gasteiger charge is 2.43. The lowest BCUT2D eigenvalue weighted by atomic mass is 9.33. The fraction of sp³-hybridized carbons (Fsp3) is 0.250. The summed E-state index contributed by atoms with van der Waals surface area (Å²) < 4.78 is 2.69. The molecule has 0 aliphatic carbocycles. The fourth-order valence-electron chi connectivity index (χ4n) is 13.3. The summed E-state index contributed by atoms with van der Waals surface area (Å²) in [6.45, 7) is 35.0. The molecule has 1 aromatic heterocycles. The quantitative estimate of drug-likeness (QED) is 0.160. The van der Waals surface area contributed by atoms with Crippen LogP contribution in [0.2, 0.25) is 0 Å². The van der Waals surface area contributed by atoms with Gasteiger partial charge in [0.1, 0.15) is 0 Å². The molecule has 0 spiro atoms. The Morgan fingerprint density at radius 2 is 0.723 bits per heavy atom. The molecule has 0 amide bonds. The van der Waals surface area contributed by atoms with E-state index in [0.717, 1.165) is 11.2 Å². The number of benzene rings is 10. The predicted molar refractivity (Wildman–Crippen MR) is 363 cm³/mol. The third kappa shape index (κ3) is 9.27. The topological polar surface area (TPSA) is 8.17 Å². The van der Waals surface area contributed by atoms with Gasteiger partial charge in [-0.3, -0.25) is 0 Å². The maximum Gasteiger partial charge on any atom is 0.252 e. The first-order valence-electron chi connectivity index (χ1n) is 30.2. The smallest absolute Gasteiger partial charge is 0.252 e. The molecule has 0 saturated heterocycles. The monoisotopic (exact) mass is 1080 g/mol. The number of para-hydroxylation sites is 1. The first-order chi connectivity index (χ1) is 39.3. The van der Waals surface area contributed by atoms with Crippen molar-refractivity contribution in [2.24, 2.45) is 0 Å². The lowest BCUT2D eigenvalue weighted by molar-refractivity contribution is 0.568. The molecule has 0 N–H and O–H groups in total. The van der Waals surface area contributed by atoms with Crippen molar-refractivity contribution < 1.29 is 0 Å². The molecule has 83 heavy (non-hydrogen) atoms. The molecule has 0 saturated carbocycles. The van der Waals surface area contributed by atoms with Crippen LogP contribution in [-0.4, -0.2) is 11.3 Å². The summed E-state index contributed by atoms with van der Waals surface area (Å²) in [5, 5.41) is 7.33. The average Bonchev–Trinajstić information content (AvgIpc) is 1.51. The highest BCUT2D eigenvalue weighted by molar-refractivity contribution is 7.00. The molecule has 11 aromatic rings. The molecular formula is C80H79BN2. The number of hydrogen-bond donors (Lipinski definition) is 0. The minimum atomic E-state index is -0.137. The summed E-state index contributed by atoms with van der Waals surface area (Å²) >= 11 is 0. The molecule has 3 heterocycles. The van der Waals surface area contributed by atoms with Crippen molar-refractivity contribution >= 4 is 83.5 Å². The second-order valence-corrected chi connectivity index (χ2v) is 29.1. The van der Waals surface area contributed by atoms with Gasteiger partial charge in [0.2, 0.25) is 0 Å². The van der Waals surface area contributed by atoms with Gasteiger partial charge in [0, 0.05) is 33.4 Å². The van der Waals surface area contributed by atoms with Crippen LogP contribution in [-0.2, 0) is 27.1 Å². The molecule has 2 nitrogen and oxygen atoms in total. The third-order valence-electron chi connectivity index (χ3n) is 18.2. The van der Waals surface area contributed by atoms with E-state index < -0.39 is 0 Å². The van der Waals surface area contributed by atoms with Gasteiger partial charge in [0.15, 0.2) is 0 Å². The Labute approximate surface area is 494 Å². The molecule has 10 aromatic carbocycles. The zero-order valence-corrected chi connectivity index (χ0v) is 51.6.